The number of aliphatic hydroxyl groups is 1. The van der Waals surface area contributed by atoms with E-state index in [1.165, 1.54) is 22.3 Å². The van der Waals surface area contributed by atoms with Crippen LogP contribution in [0, 0.1) is 11.3 Å². The fraction of sp³-hybridized carbons (Fsp3) is 0.458. The van der Waals surface area contributed by atoms with Gasteiger partial charge in [0.2, 0.25) is 0 Å². The molecule has 5 rings (SSSR count). The first-order valence-corrected chi connectivity index (χ1v) is 10.6. The predicted molar refractivity (Wildman–Crippen MR) is 112 cm³/mol. The van der Waals surface area contributed by atoms with Crippen LogP contribution < -0.4 is 5.32 Å². The summed E-state index contributed by atoms with van der Waals surface area (Å²) in [6.07, 6.45) is 1.76. The van der Waals surface area contributed by atoms with Crippen molar-refractivity contribution in [3.8, 4) is 11.1 Å². The normalized spacial score (nSPS) is 22.5. The van der Waals surface area contributed by atoms with Crippen LogP contribution in [0.5, 0.6) is 0 Å². The molecule has 1 amide bonds. The first kappa shape index (κ1) is 18.6. The lowest BCUT2D eigenvalue weighted by Gasteiger charge is -2.37. The van der Waals surface area contributed by atoms with Gasteiger partial charge in [0, 0.05) is 31.5 Å². The molecule has 1 atom stereocenters. The van der Waals surface area contributed by atoms with Gasteiger partial charge in [0.25, 0.3) is 0 Å². The summed E-state index contributed by atoms with van der Waals surface area (Å²) in [5.41, 5.74) is 4.96. The summed E-state index contributed by atoms with van der Waals surface area (Å²) in [4.78, 5) is 14.7. The summed E-state index contributed by atoms with van der Waals surface area (Å²) in [6, 6.07) is 16.8. The minimum absolute atomic E-state index is 0.0333. The molecule has 3 aliphatic rings. The van der Waals surface area contributed by atoms with E-state index in [2.05, 4.69) is 41.7 Å². The van der Waals surface area contributed by atoms with Crippen LogP contribution in [0.1, 0.15) is 29.9 Å². The molecule has 2 heterocycles. The molecule has 1 unspecified atom stereocenters. The van der Waals surface area contributed by atoms with E-state index in [9.17, 15) is 9.90 Å². The summed E-state index contributed by atoms with van der Waals surface area (Å²) >= 11 is 0. The molecule has 1 spiro atoms. The molecule has 2 aromatic rings. The third kappa shape index (κ3) is 3.13. The van der Waals surface area contributed by atoms with E-state index >= 15 is 0 Å². The van der Waals surface area contributed by atoms with Crippen LogP contribution in [-0.4, -0.2) is 55.5 Å². The molecule has 0 radical (unpaired) electrons. The Labute approximate surface area is 171 Å². The lowest BCUT2D eigenvalue weighted by atomic mass is 9.71. The number of likely N-dealkylation sites (tertiary alicyclic amines) is 1. The summed E-state index contributed by atoms with van der Waals surface area (Å²) in [5, 5.41) is 13.3. The van der Waals surface area contributed by atoms with E-state index in [1.807, 2.05) is 17.0 Å². The molecule has 2 aliphatic heterocycles. The molecule has 29 heavy (non-hydrogen) atoms. The van der Waals surface area contributed by atoms with Crippen molar-refractivity contribution in [2.75, 3.05) is 39.4 Å². The highest BCUT2D eigenvalue weighted by Gasteiger charge is 2.48. The highest BCUT2D eigenvalue weighted by Crippen LogP contribution is 2.45. The number of fused-ring (bicyclic) bond motifs is 3. The van der Waals surface area contributed by atoms with Crippen LogP contribution in [0.25, 0.3) is 11.1 Å². The van der Waals surface area contributed by atoms with Gasteiger partial charge in [-0.05, 0) is 53.6 Å². The number of hydrogen-bond acceptors (Lipinski definition) is 4. The fourth-order valence-corrected chi connectivity index (χ4v) is 5.60. The van der Waals surface area contributed by atoms with E-state index in [0.29, 0.717) is 19.7 Å². The van der Waals surface area contributed by atoms with Crippen molar-refractivity contribution in [1.82, 2.24) is 10.2 Å². The topological polar surface area (TPSA) is 61.8 Å². The number of rotatable bonds is 3. The number of ether oxygens (including phenoxy) is 1. The zero-order valence-corrected chi connectivity index (χ0v) is 16.6. The minimum atomic E-state index is -0.249. The van der Waals surface area contributed by atoms with Crippen molar-refractivity contribution in [3.63, 3.8) is 0 Å². The number of aliphatic hydroxyl groups excluding tert-OH is 1. The van der Waals surface area contributed by atoms with Crippen molar-refractivity contribution < 1.29 is 14.6 Å². The third-order valence-electron chi connectivity index (χ3n) is 7.23. The second kappa shape index (κ2) is 7.47. The van der Waals surface area contributed by atoms with Gasteiger partial charge in [-0.1, -0.05) is 48.5 Å². The minimum Gasteiger partial charge on any atom is -0.448 e. The Kier molecular flexibility index (Phi) is 4.80. The van der Waals surface area contributed by atoms with Crippen molar-refractivity contribution in [1.29, 1.82) is 0 Å². The molecule has 5 nitrogen and oxygen atoms in total. The first-order valence-electron chi connectivity index (χ1n) is 10.6. The Morgan fingerprint density at radius 3 is 2.31 bits per heavy atom. The average molecular weight is 392 g/mol. The Hall–Kier alpha value is -2.37. The molecule has 2 saturated heterocycles. The Bertz CT molecular complexity index is 861. The Morgan fingerprint density at radius 2 is 1.69 bits per heavy atom. The maximum atomic E-state index is 12.9. The van der Waals surface area contributed by atoms with Gasteiger partial charge < -0.3 is 20.1 Å². The van der Waals surface area contributed by atoms with Crippen LogP contribution >= 0.6 is 0 Å². The molecule has 0 bridgehead atoms. The van der Waals surface area contributed by atoms with E-state index in [0.717, 1.165) is 25.9 Å². The lowest BCUT2D eigenvalue weighted by Crippen LogP contribution is -2.43. The molecule has 2 fully saturated rings. The Balaban J connectivity index is 1.30. The van der Waals surface area contributed by atoms with E-state index in [-0.39, 0.29) is 30.0 Å². The van der Waals surface area contributed by atoms with Crippen molar-refractivity contribution in [2.45, 2.75) is 18.8 Å². The molecular formula is C24H28N2O3. The van der Waals surface area contributed by atoms with Gasteiger partial charge in [-0.25, -0.2) is 4.79 Å². The molecule has 0 saturated carbocycles. The molecule has 152 valence electrons. The third-order valence-corrected chi connectivity index (χ3v) is 7.23. The number of carbonyl (C=O) groups is 1. The quantitative estimate of drug-likeness (QED) is 0.842. The largest absolute Gasteiger partial charge is 0.448 e. The second-order valence-electron chi connectivity index (χ2n) is 8.68. The number of benzene rings is 2. The van der Waals surface area contributed by atoms with Crippen molar-refractivity contribution in [2.24, 2.45) is 11.3 Å². The molecule has 2 aromatic carbocycles. The number of nitrogens with one attached hydrogen (secondary N) is 1. The van der Waals surface area contributed by atoms with Gasteiger partial charge in [-0.15, -0.1) is 0 Å². The monoisotopic (exact) mass is 392 g/mol. The van der Waals surface area contributed by atoms with Crippen LogP contribution in [0.15, 0.2) is 48.5 Å². The first-order chi connectivity index (χ1) is 14.2. The zero-order chi connectivity index (χ0) is 19.8. The van der Waals surface area contributed by atoms with E-state index < -0.39 is 0 Å². The van der Waals surface area contributed by atoms with Gasteiger partial charge in [-0.3, -0.25) is 0 Å². The summed E-state index contributed by atoms with van der Waals surface area (Å²) < 4.78 is 5.84. The highest BCUT2D eigenvalue weighted by atomic mass is 16.6. The van der Waals surface area contributed by atoms with Crippen molar-refractivity contribution in [3.05, 3.63) is 59.7 Å². The predicted octanol–water partition coefficient (Wildman–Crippen LogP) is 3.23. The number of piperidine rings is 1. The van der Waals surface area contributed by atoms with Crippen LogP contribution in [0.4, 0.5) is 4.79 Å². The van der Waals surface area contributed by atoms with Crippen LogP contribution in [-0.2, 0) is 4.74 Å². The molecule has 0 aromatic heterocycles. The summed E-state index contributed by atoms with van der Waals surface area (Å²) in [7, 11) is 0. The number of amides is 1. The molecule has 5 heteroatoms. The smallest absolute Gasteiger partial charge is 0.409 e. The highest BCUT2D eigenvalue weighted by molar-refractivity contribution is 5.79. The maximum Gasteiger partial charge on any atom is 0.409 e. The Morgan fingerprint density at radius 1 is 1.07 bits per heavy atom. The lowest BCUT2D eigenvalue weighted by molar-refractivity contribution is 0.0924. The van der Waals surface area contributed by atoms with E-state index in [1.54, 1.807) is 0 Å². The van der Waals surface area contributed by atoms with Crippen molar-refractivity contribution >= 4 is 6.09 Å². The van der Waals surface area contributed by atoms with Gasteiger partial charge in [0.15, 0.2) is 0 Å². The maximum absolute atomic E-state index is 12.9. The number of hydrogen-bond donors (Lipinski definition) is 2. The number of carbonyl (C=O) groups excluding carboxylic acids is 1. The van der Waals surface area contributed by atoms with Gasteiger partial charge in [0.05, 0.1) is 0 Å². The fourth-order valence-electron chi connectivity index (χ4n) is 5.60. The van der Waals surface area contributed by atoms with Crippen LogP contribution in [0.2, 0.25) is 0 Å². The standard InChI is InChI=1S/C24H28N2O3/c27-14-17-13-26(16-24(17)9-11-25-12-10-24)23(28)29-15-22-20-7-3-1-5-18(20)19-6-2-4-8-21(19)22/h1-8,17,22,25,27H,9-16H2. The zero-order valence-electron chi connectivity index (χ0n) is 16.6. The molecule has 2 N–H and O–H groups in total. The summed E-state index contributed by atoms with van der Waals surface area (Å²) in [5.74, 6) is 0.223. The van der Waals surface area contributed by atoms with Gasteiger partial charge in [0.1, 0.15) is 6.61 Å². The summed E-state index contributed by atoms with van der Waals surface area (Å²) in [6.45, 7) is 3.67. The van der Waals surface area contributed by atoms with E-state index in [4.69, 9.17) is 4.74 Å². The molecular weight excluding hydrogens is 364 g/mol. The average Bonchev–Trinajstić information content (AvgIpc) is 3.28. The van der Waals surface area contributed by atoms with Gasteiger partial charge in [-0.2, -0.15) is 0 Å². The second-order valence-corrected chi connectivity index (χ2v) is 8.68. The van der Waals surface area contributed by atoms with Gasteiger partial charge >= 0.3 is 6.09 Å². The van der Waals surface area contributed by atoms with Crippen LogP contribution in [0.3, 0.4) is 0 Å². The SMILES string of the molecule is O=C(OCC1c2ccccc2-c2ccccc21)N1CC(CO)C2(CCNCC2)C1. The number of nitrogens with zero attached hydrogens (tertiary/aromatic N) is 1. The molecule has 1 aliphatic carbocycles.